The number of likely N-dealkylation sites (tertiary alicyclic amines) is 1. The second kappa shape index (κ2) is 8.74. The zero-order valence-corrected chi connectivity index (χ0v) is 19.8. The van der Waals surface area contributed by atoms with Crippen LogP contribution < -0.4 is 5.32 Å². The third kappa shape index (κ3) is 3.46. The molecule has 9 heteroatoms. The van der Waals surface area contributed by atoms with E-state index in [9.17, 15) is 19.5 Å². The third-order valence-corrected chi connectivity index (χ3v) is 7.66. The predicted octanol–water partition coefficient (Wildman–Crippen LogP) is 1.23. The van der Waals surface area contributed by atoms with Crippen LogP contribution in [0.2, 0.25) is 0 Å². The summed E-state index contributed by atoms with van der Waals surface area (Å²) in [7, 11) is 0. The van der Waals surface area contributed by atoms with E-state index in [-0.39, 0.29) is 41.8 Å². The molecule has 3 unspecified atom stereocenters. The van der Waals surface area contributed by atoms with Crippen molar-refractivity contribution in [2.24, 2.45) is 17.8 Å². The van der Waals surface area contributed by atoms with Crippen molar-refractivity contribution in [1.29, 1.82) is 0 Å². The number of rotatable bonds is 8. The number of aliphatic hydroxyl groups is 1. The molecule has 3 aliphatic heterocycles. The van der Waals surface area contributed by atoms with Crippen LogP contribution in [-0.4, -0.2) is 75.7 Å². The molecule has 0 saturated carbocycles. The lowest BCUT2D eigenvalue weighted by Gasteiger charge is -2.39. The fraction of sp³-hybridized carbons (Fsp3) is 0.857. The Kier molecular flexibility index (Phi) is 6.84. The van der Waals surface area contributed by atoms with Gasteiger partial charge in [-0.1, -0.05) is 36.2 Å². The molecule has 0 aromatic rings. The largest absolute Gasteiger partial charge is 0.466 e. The molecule has 0 aliphatic carbocycles. The number of carbonyl (C=O) groups excluding carboxylic acids is 3. The minimum Gasteiger partial charge on any atom is -0.466 e. The van der Waals surface area contributed by atoms with Gasteiger partial charge in [0.1, 0.15) is 11.6 Å². The van der Waals surface area contributed by atoms with Crippen LogP contribution in [0.15, 0.2) is 0 Å². The maximum atomic E-state index is 13.8. The molecule has 170 valence electrons. The number of hydrogen-bond donors (Lipinski definition) is 2. The van der Waals surface area contributed by atoms with Crippen LogP contribution in [-0.2, 0) is 23.9 Å². The third-order valence-electron chi connectivity index (χ3n) is 6.81. The quantitative estimate of drug-likeness (QED) is 0.393. The molecule has 3 saturated heterocycles. The van der Waals surface area contributed by atoms with Gasteiger partial charge in [0.25, 0.3) is 0 Å². The molecule has 8 atom stereocenters. The summed E-state index contributed by atoms with van der Waals surface area (Å²) in [6.45, 7) is 9.30. The highest BCUT2D eigenvalue weighted by Crippen LogP contribution is 2.60. The Morgan fingerprint density at radius 1 is 1.37 bits per heavy atom. The highest BCUT2D eigenvalue weighted by Gasteiger charge is 2.77. The standard InChI is InChI=1S/C21H33BrN2O6/c1-6-11(5)13(9-25)24-17(18(26)23-10(3)4)21-8-12(22)16(30-21)14(15(21)19(24)27)20(28)29-7-2/h10-17,25H,6-9H2,1-5H3,(H,23,26)/t11-,12?,13-,14+,15-,16+,17?,21?/m0/s1. The molecular formula is C21H33BrN2O6. The van der Waals surface area contributed by atoms with Crippen LogP contribution in [0.4, 0.5) is 0 Å². The lowest BCUT2D eigenvalue weighted by Crippen LogP contribution is -2.60. The molecule has 0 radical (unpaired) electrons. The van der Waals surface area contributed by atoms with E-state index >= 15 is 0 Å². The smallest absolute Gasteiger partial charge is 0.312 e. The first-order chi connectivity index (χ1) is 14.1. The topological polar surface area (TPSA) is 105 Å². The molecule has 3 fully saturated rings. The minimum absolute atomic E-state index is 0.0264. The Morgan fingerprint density at radius 2 is 2.03 bits per heavy atom. The monoisotopic (exact) mass is 488 g/mol. The lowest BCUT2D eigenvalue weighted by molar-refractivity contribution is -0.155. The van der Waals surface area contributed by atoms with Crippen LogP contribution in [0.5, 0.6) is 0 Å². The van der Waals surface area contributed by atoms with Gasteiger partial charge in [-0.25, -0.2) is 0 Å². The summed E-state index contributed by atoms with van der Waals surface area (Å²) >= 11 is 3.61. The molecular weight excluding hydrogens is 456 g/mol. The number of aliphatic hydroxyl groups excluding tert-OH is 1. The zero-order chi connectivity index (χ0) is 22.4. The number of esters is 1. The van der Waals surface area contributed by atoms with Gasteiger partial charge in [0.15, 0.2) is 0 Å². The first-order valence-corrected chi connectivity index (χ1v) is 11.8. The fourth-order valence-corrected chi connectivity index (χ4v) is 6.35. The van der Waals surface area contributed by atoms with Crippen molar-refractivity contribution in [2.75, 3.05) is 13.2 Å². The van der Waals surface area contributed by atoms with E-state index in [1.165, 1.54) is 4.90 Å². The number of amides is 2. The number of ether oxygens (including phenoxy) is 2. The Balaban J connectivity index is 2.10. The molecule has 3 rings (SSSR count). The normalized spacial score (nSPS) is 36.7. The van der Waals surface area contributed by atoms with Gasteiger partial charge in [0.05, 0.1) is 37.2 Å². The molecule has 0 aromatic carbocycles. The molecule has 30 heavy (non-hydrogen) atoms. The zero-order valence-electron chi connectivity index (χ0n) is 18.3. The van der Waals surface area contributed by atoms with Crippen molar-refractivity contribution in [3.05, 3.63) is 0 Å². The van der Waals surface area contributed by atoms with Crippen LogP contribution in [0, 0.1) is 17.8 Å². The first-order valence-electron chi connectivity index (χ1n) is 10.9. The van der Waals surface area contributed by atoms with Gasteiger partial charge in [-0.2, -0.15) is 0 Å². The highest BCUT2D eigenvalue weighted by molar-refractivity contribution is 9.09. The summed E-state index contributed by atoms with van der Waals surface area (Å²) in [4.78, 5) is 41.3. The first kappa shape index (κ1) is 23.5. The van der Waals surface area contributed by atoms with E-state index in [4.69, 9.17) is 9.47 Å². The fourth-order valence-electron chi connectivity index (χ4n) is 5.41. The van der Waals surface area contributed by atoms with Crippen molar-refractivity contribution >= 4 is 33.7 Å². The lowest BCUT2D eigenvalue weighted by atomic mass is 9.70. The van der Waals surface area contributed by atoms with Crippen molar-refractivity contribution in [3.8, 4) is 0 Å². The number of hydrogen-bond acceptors (Lipinski definition) is 6. The van der Waals surface area contributed by atoms with E-state index < -0.39 is 41.6 Å². The van der Waals surface area contributed by atoms with Gasteiger partial charge in [0, 0.05) is 10.9 Å². The molecule has 2 amide bonds. The van der Waals surface area contributed by atoms with Crippen LogP contribution in [0.3, 0.4) is 0 Å². The molecule has 1 spiro atoms. The SMILES string of the molecule is CCOC(=O)[C@H]1[C@@H]2OC3(CC2Br)C(C(=O)NC(C)C)N([C@@H](CO)[C@@H](C)CC)C(=O)[C@H]13. The van der Waals surface area contributed by atoms with Crippen LogP contribution in [0.1, 0.15) is 47.5 Å². The second-order valence-electron chi connectivity index (χ2n) is 8.96. The summed E-state index contributed by atoms with van der Waals surface area (Å²) < 4.78 is 11.6. The number of fused-ring (bicyclic) bond motifs is 1. The maximum absolute atomic E-state index is 13.8. The van der Waals surface area contributed by atoms with E-state index in [2.05, 4.69) is 21.2 Å². The summed E-state index contributed by atoms with van der Waals surface area (Å²) in [5.74, 6) is -2.68. The average molecular weight is 489 g/mol. The minimum atomic E-state index is -1.12. The molecule has 0 aromatic heterocycles. The van der Waals surface area contributed by atoms with Crippen LogP contribution >= 0.6 is 15.9 Å². The summed E-state index contributed by atoms with van der Waals surface area (Å²) in [6.07, 6.45) is 0.650. The van der Waals surface area contributed by atoms with Gasteiger partial charge in [-0.05, 0) is 33.1 Å². The predicted molar refractivity (Wildman–Crippen MR) is 113 cm³/mol. The highest BCUT2D eigenvalue weighted by atomic mass is 79.9. The Morgan fingerprint density at radius 3 is 2.57 bits per heavy atom. The summed E-state index contributed by atoms with van der Waals surface area (Å²) in [5, 5.41) is 13.1. The Bertz CT molecular complexity index is 703. The molecule has 2 bridgehead atoms. The van der Waals surface area contributed by atoms with Gasteiger partial charge in [0.2, 0.25) is 11.8 Å². The van der Waals surface area contributed by atoms with Crippen molar-refractivity contribution in [2.45, 2.75) is 82.1 Å². The summed E-state index contributed by atoms with van der Waals surface area (Å²) in [6, 6.07) is -1.57. The Labute approximate surface area is 186 Å². The van der Waals surface area contributed by atoms with E-state index in [1.54, 1.807) is 6.92 Å². The van der Waals surface area contributed by atoms with Crippen LogP contribution in [0.25, 0.3) is 0 Å². The van der Waals surface area contributed by atoms with Gasteiger partial charge in [-0.15, -0.1) is 0 Å². The molecule has 3 heterocycles. The molecule has 2 N–H and O–H groups in total. The molecule has 3 aliphatic rings. The number of nitrogens with one attached hydrogen (secondary N) is 1. The molecule has 8 nitrogen and oxygen atoms in total. The average Bonchev–Trinajstić information content (AvgIpc) is 3.26. The van der Waals surface area contributed by atoms with Gasteiger partial charge in [-0.3, -0.25) is 14.4 Å². The number of halogens is 1. The number of nitrogens with zero attached hydrogens (tertiary/aromatic N) is 1. The maximum Gasteiger partial charge on any atom is 0.312 e. The number of alkyl halides is 1. The Hall–Kier alpha value is -1.19. The second-order valence-corrected chi connectivity index (χ2v) is 10.1. The van der Waals surface area contributed by atoms with Crippen molar-refractivity contribution < 1.29 is 29.0 Å². The van der Waals surface area contributed by atoms with Crippen molar-refractivity contribution in [1.82, 2.24) is 10.2 Å². The van der Waals surface area contributed by atoms with E-state index in [1.807, 2.05) is 27.7 Å². The van der Waals surface area contributed by atoms with Crippen molar-refractivity contribution in [3.63, 3.8) is 0 Å². The van der Waals surface area contributed by atoms with Gasteiger partial charge >= 0.3 is 5.97 Å². The van der Waals surface area contributed by atoms with Gasteiger partial charge < -0.3 is 24.8 Å². The van der Waals surface area contributed by atoms with E-state index in [0.29, 0.717) is 6.42 Å². The number of carbonyl (C=O) groups is 3. The summed E-state index contributed by atoms with van der Waals surface area (Å²) in [5.41, 5.74) is -1.12. The van der Waals surface area contributed by atoms with E-state index in [0.717, 1.165) is 6.42 Å².